The number of hydrogen-bond acceptors (Lipinski definition) is 4. The van der Waals surface area contributed by atoms with Gasteiger partial charge in [0, 0.05) is 30.6 Å². The molecule has 0 spiro atoms. The molecule has 8 nitrogen and oxygen atoms in total. The normalized spacial score (nSPS) is 20.8. The maximum absolute atomic E-state index is 12.2. The Bertz CT molecular complexity index is 779. The predicted octanol–water partition coefficient (Wildman–Crippen LogP) is 3.13. The third-order valence-electron chi connectivity index (χ3n) is 6.16. The molecule has 1 fully saturated rings. The van der Waals surface area contributed by atoms with Crippen molar-refractivity contribution in [3.63, 3.8) is 0 Å². The molecule has 134 valence electrons. The van der Waals surface area contributed by atoms with E-state index in [4.69, 9.17) is 0 Å². The van der Waals surface area contributed by atoms with Crippen LogP contribution in [-0.2, 0) is 13.0 Å². The number of rotatable bonds is 3. The average Bonchev–Trinajstić information content (AvgIpc) is 2.97. The Balaban J connectivity index is 1.40. The second-order valence-corrected chi connectivity index (χ2v) is 8.20. The number of nitrogens with zero attached hydrogens (tertiary/aromatic N) is 4. The van der Waals surface area contributed by atoms with Crippen LogP contribution in [0.5, 0.6) is 0 Å². The van der Waals surface area contributed by atoms with E-state index in [1.165, 1.54) is 0 Å². The number of aromatic nitrogens is 5. The van der Waals surface area contributed by atoms with Crippen molar-refractivity contribution in [2.75, 3.05) is 10.6 Å². The van der Waals surface area contributed by atoms with Crippen molar-refractivity contribution in [1.29, 1.82) is 0 Å². The summed E-state index contributed by atoms with van der Waals surface area (Å²) in [5.41, 5.74) is 1.50. The van der Waals surface area contributed by atoms with Crippen molar-refractivity contribution >= 4 is 17.8 Å². The first-order valence-corrected chi connectivity index (χ1v) is 8.86. The highest BCUT2D eigenvalue weighted by Gasteiger charge is 2.65. The molecular formula is C17H25N7O. The molecule has 0 atom stereocenters. The maximum Gasteiger partial charge on any atom is 0.327 e. The van der Waals surface area contributed by atoms with Gasteiger partial charge in [-0.1, -0.05) is 27.7 Å². The van der Waals surface area contributed by atoms with Gasteiger partial charge in [0.25, 0.3) is 0 Å². The molecule has 0 unspecified atom stereocenters. The molecule has 1 saturated carbocycles. The van der Waals surface area contributed by atoms with Crippen molar-refractivity contribution in [3.05, 3.63) is 17.6 Å². The van der Waals surface area contributed by atoms with Crippen LogP contribution in [0.3, 0.4) is 0 Å². The number of nitrogens with one attached hydrogen (secondary N) is 3. The van der Waals surface area contributed by atoms with Crippen molar-refractivity contribution in [2.45, 2.75) is 59.4 Å². The van der Waals surface area contributed by atoms with E-state index in [-0.39, 0.29) is 16.9 Å². The lowest BCUT2D eigenvalue weighted by atomic mass is 10.0. The zero-order chi connectivity index (χ0) is 17.8. The average molecular weight is 343 g/mol. The summed E-state index contributed by atoms with van der Waals surface area (Å²) < 4.78 is 1.86. The van der Waals surface area contributed by atoms with Crippen LogP contribution in [0.2, 0.25) is 0 Å². The molecule has 1 aliphatic carbocycles. The fraction of sp³-hybridized carbons (Fsp3) is 0.647. The molecule has 2 aliphatic rings. The Kier molecular flexibility index (Phi) is 3.42. The van der Waals surface area contributed by atoms with E-state index in [9.17, 15) is 4.79 Å². The smallest absolute Gasteiger partial charge is 0.291 e. The summed E-state index contributed by atoms with van der Waals surface area (Å²) in [5.74, 6) is 2.19. The highest BCUT2D eigenvalue weighted by molar-refractivity contribution is 5.97. The third kappa shape index (κ3) is 2.60. The van der Waals surface area contributed by atoms with Gasteiger partial charge in [-0.05, 0) is 23.7 Å². The van der Waals surface area contributed by atoms with Crippen LogP contribution in [0.1, 0.15) is 58.0 Å². The van der Waals surface area contributed by atoms with Crippen LogP contribution < -0.4 is 10.6 Å². The van der Waals surface area contributed by atoms with E-state index in [0.29, 0.717) is 17.7 Å². The minimum atomic E-state index is -0.379. The molecule has 3 N–H and O–H groups in total. The maximum atomic E-state index is 12.2. The first kappa shape index (κ1) is 16.1. The van der Waals surface area contributed by atoms with E-state index in [2.05, 4.69) is 58.6 Å². The number of anilines is 2. The van der Waals surface area contributed by atoms with Crippen molar-refractivity contribution in [2.24, 2.45) is 10.8 Å². The lowest BCUT2D eigenvalue weighted by molar-refractivity contribution is 0.262. The first-order valence-electron chi connectivity index (χ1n) is 8.86. The fourth-order valence-corrected chi connectivity index (χ4v) is 4.11. The second-order valence-electron chi connectivity index (χ2n) is 8.20. The molecule has 2 amide bonds. The van der Waals surface area contributed by atoms with E-state index < -0.39 is 0 Å². The highest BCUT2D eigenvalue weighted by atomic mass is 16.2. The number of hydrogen-bond donors (Lipinski definition) is 3. The molecule has 0 aromatic carbocycles. The summed E-state index contributed by atoms with van der Waals surface area (Å²) in [7, 11) is 0. The Morgan fingerprint density at radius 2 is 2.00 bits per heavy atom. The minimum Gasteiger partial charge on any atom is -0.291 e. The van der Waals surface area contributed by atoms with E-state index >= 15 is 0 Å². The van der Waals surface area contributed by atoms with Gasteiger partial charge >= 0.3 is 6.03 Å². The molecule has 3 heterocycles. The molecule has 4 rings (SSSR count). The number of urea groups is 1. The Morgan fingerprint density at radius 1 is 1.24 bits per heavy atom. The number of amides is 2. The fourth-order valence-electron chi connectivity index (χ4n) is 4.11. The lowest BCUT2D eigenvalue weighted by Gasteiger charge is -2.09. The van der Waals surface area contributed by atoms with Crippen LogP contribution in [0.15, 0.2) is 6.07 Å². The SMILES string of the molecule is CC1(C)C(c2cc(NC(=O)Nc3nc4n(n3)CCCC4)n[nH]2)C1(C)C. The van der Waals surface area contributed by atoms with E-state index in [1.807, 2.05) is 10.7 Å². The summed E-state index contributed by atoms with van der Waals surface area (Å²) in [6, 6.07) is 1.53. The topological polar surface area (TPSA) is 101 Å². The minimum absolute atomic E-state index is 0.221. The standard InChI is InChI=1S/C17H25N7O/c1-16(2)13(17(16,3)4)10-9-11(22-21-10)18-15(25)20-14-19-12-7-5-6-8-24(12)23-14/h9,13H,5-8H2,1-4H3,(H3,18,20,21,22,23,25). The number of aromatic amines is 1. The molecule has 2 aromatic heterocycles. The summed E-state index contributed by atoms with van der Waals surface area (Å²) in [4.78, 5) is 16.5. The van der Waals surface area contributed by atoms with E-state index in [0.717, 1.165) is 37.3 Å². The van der Waals surface area contributed by atoms with Gasteiger partial charge in [0.15, 0.2) is 5.82 Å². The lowest BCUT2D eigenvalue weighted by Crippen LogP contribution is -2.20. The number of fused-ring (bicyclic) bond motifs is 1. The number of carbonyl (C=O) groups excluding carboxylic acids is 1. The predicted molar refractivity (Wildman–Crippen MR) is 94.5 cm³/mol. The molecule has 0 radical (unpaired) electrons. The van der Waals surface area contributed by atoms with Crippen LogP contribution in [0.4, 0.5) is 16.6 Å². The molecule has 25 heavy (non-hydrogen) atoms. The molecule has 0 bridgehead atoms. The van der Waals surface area contributed by atoms with Gasteiger partial charge in [0.2, 0.25) is 5.95 Å². The Labute approximate surface area is 146 Å². The molecular weight excluding hydrogens is 318 g/mol. The van der Waals surface area contributed by atoms with Crippen molar-refractivity contribution in [1.82, 2.24) is 25.0 Å². The van der Waals surface area contributed by atoms with Gasteiger partial charge in [-0.2, -0.15) is 10.1 Å². The van der Waals surface area contributed by atoms with Crippen molar-refractivity contribution in [3.8, 4) is 0 Å². The number of carbonyl (C=O) groups is 1. The van der Waals surface area contributed by atoms with Crippen LogP contribution in [-0.4, -0.2) is 31.0 Å². The third-order valence-corrected chi connectivity index (χ3v) is 6.16. The molecule has 8 heteroatoms. The summed E-state index contributed by atoms with van der Waals surface area (Å²) in [6.45, 7) is 9.88. The summed E-state index contributed by atoms with van der Waals surface area (Å²) in [5, 5.41) is 17.0. The first-order chi connectivity index (χ1) is 11.8. The molecule has 0 saturated heterocycles. The number of H-pyrrole nitrogens is 1. The summed E-state index contributed by atoms with van der Waals surface area (Å²) >= 11 is 0. The Hall–Kier alpha value is -2.38. The highest BCUT2D eigenvalue weighted by Crippen LogP contribution is 2.73. The van der Waals surface area contributed by atoms with Gasteiger partial charge in [0.1, 0.15) is 5.82 Å². The van der Waals surface area contributed by atoms with Gasteiger partial charge in [-0.3, -0.25) is 15.7 Å². The molecule has 2 aromatic rings. The van der Waals surface area contributed by atoms with Crippen LogP contribution in [0.25, 0.3) is 0 Å². The van der Waals surface area contributed by atoms with Crippen LogP contribution >= 0.6 is 0 Å². The second kappa shape index (κ2) is 5.31. The monoisotopic (exact) mass is 343 g/mol. The van der Waals surface area contributed by atoms with Crippen molar-refractivity contribution < 1.29 is 4.79 Å². The Morgan fingerprint density at radius 3 is 2.68 bits per heavy atom. The summed E-state index contributed by atoms with van der Waals surface area (Å²) in [6.07, 6.45) is 3.13. The molecule has 1 aliphatic heterocycles. The zero-order valence-corrected chi connectivity index (χ0v) is 15.2. The zero-order valence-electron chi connectivity index (χ0n) is 15.2. The van der Waals surface area contributed by atoms with Gasteiger partial charge < -0.3 is 0 Å². The van der Waals surface area contributed by atoms with Crippen LogP contribution in [0, 0.1) is 10.8 Å². The van der Waals surface area contributed by atoms with Gasteiger partial charge in [-0.25, -0.2) is 9.48 Å². The largest absolute Gasteiger partial charge is 0.327 e. The number of aryl methyl sites for hydroxylation is 2. The van der Waals surface area contributed by atoms with E-state index in [1.54, 1.807) is 0 Å². The van der Waals surface area contributed by atoms with Gasteiger partial charge in [0.05, 0.1) is 0 Å². The quantitative estimate of drug-likeness (QED) is 0.797. The van der Waals surface area contributed by atoms with Gasteiger partial charge in [-0.15, -0.1) is 5.10 Å².